The van der Waals surface area contributed by atoms with Crippen molar-refractivity contribution in [1.82, 2.24) is 15.0 Å². The van der Waals surface area contributed by atoms with E-state index in [1.807, 2.05) is 24.4 Å². The van der Waals surface area contributed by atoms with Crippen molar-refractivity contribution in [3.05, 3.63) is 34.0 Å². The Balaban J connectivity index is 2.11. The molecule has 0 unspecified atom stereocenters. The van der Waals surface area contributed by atoms with Gasteiger partial charge in [-0.2, -0.15) is 0 Å². The Labute approximate surface area is 103 Å². The molecule has 5 nitrogen and oxygen atoms in total. The first-order chi connectivity index (χ1) is 8.20. The van der Waals surface area contributed by atoms with Gasteiger partial charge in [0.15, 0.2) is 6.29 Å². The van der Waals surface area contributed by atoms with Crippen molar-refractivity contribution >= 4 is 23.6 Å². The van der Waals surface area contributed by atoms with Crippen molar-refractivity contribution < 1.29 is 4.79 Å². The summed E-state index contributed by atoms with van der Waals surface area (Å²) in [4.78, 5) is 26.1. The fraction of sp³-hybridized carbons (Fsp3) is 0.273. The zero-order valence-corrected chi connectivity index (χ0v) is 10.4. The van der Waals surface area contributed by atoms with Crippen LogP contribution in [0.2, 0.25) is 0 Å². The van der Waals surface area contributed by atoms with Gasteiger partial charge in [0.2, 0.25) is 5.95 Å². The van der Waals surface area contributed by atoms with Crippen LogP contribution in [0.3, 0.4) is 0 Å². The zero-order valence-electron chi connectivity index (χ0n) is 9.62. The van der Waals surface area contributed by atoms with E-state index in [4.69, 9.17) is 0 Å². The van der Waals surface area contributed by atoms with Crippen molar-refractivity contribution in [3.63, 3.8) is 0 Å². The number of carbonyl (C=O) groups is 1. The second-order valence-corrected chi connectivity index (χ2v) is 4.59. The molecule has 0 spiro atoms. The van der Waals surface area contributed by atoms with E-state index in [0.29, 0.717) is 11.5 Å². The van der Waals surface area contributed by atoms with Gasteiger partial charge in [0.25, 0.3) is 0 Å². The minimum absolute atomic E-state index is 0.483. The van der Waals surface area contributed by atoms with Crippen LogP contribution in [-0.2, 0) is 6.54 Å². The number of aromatic nitrogens is 3. The quantitative estimate of drug-likeness (QED) is 0.771. The second-order valence-electron chi connectivity index (χ2n) is 3.65. The van der Waals surface area contributed by atoms with Crippen LogP contribution in [0.15, 0.2) is 17.9 Å². The molecule has 17 heavy (non-hydrogen) atoms. The van der Waals surface area contributed by atoms with Crippen LogP contribution >= 0.6 is 11.3 Å². The highest BCUT2D eigenvalue weighted by Gasteiger charge is 2.08. The summed E-state index contributed by atoms with van der Waals surface area (Å²) >= 11 is 1.62. The molecule has 0 saturated heterocycles. The number of carbonyl (C=O) groups excluding carboxylic acids is 1. The molecular formula is C11H12N4OS. The summed E-state index contributed by atoms with van der Waals surface area (Å²) in [6, 6.07) is 0. The average Bonchev–Trinajstić information content (AvgIpc) is 2.75. The Morgan fingerprint density at radius 2 is 2.06 bits per heavy atom. The van der Waals surface area contributed by atoms with Gasteiger partial charge >= 0.3 is 0 Å². The van der Waals surface area contributed by atoms with Gasteiger partial charge in [-0.05, 0) is 6.92 Å². The summed E-state index contributed by atoms with van der Waals surface area (Å²) < 4.78 is 0. The van der Waals surface area contributed by atoms with E-state index in [-0.39, 0.29) is 0 Å². The highest BCUT2D eigenvalue weighted by molar-refractivity contribution is 7.09. The van der Waals surface area contributed by atoms with Crippen LogP contribution < -0.4 is 4.90 Å². The molecule has 0 aliphatic carbocycles. The van der Waals surface area contributed by atoms with Gasteiger partial charge in [-0.3, -0.25) is 4.79 Å². The van der Waals surface area contributed by atoms with Crippen LogP contribution in [0.4, 0.5) is 5.95 Å². The van der Waals surface area contributed by atoms with Gasteiger partial charge in [0.1, 0.15) is 0 Å². The molecule has 6 heteroatoms. The fourth-order valence-electron chi connectivity index (χ4n) is 1.35. The third-order valence-electron chi connectivity index (χ3n) is 2.36. The third kappa shape index (κ3) is 2.65. The standard InChI is InChI=1S/C11H12N4OS/c1-8-10(17-7-14-8)5-15(2)11-12-3-9(6-16)4-13-11/h3-4,6-7H,5H2,1-2H3. The lowest BCUT2D eigenvalue weighted by molar-refractivity contribution is 0.112. The second kappa shape index (κ2) is 5.01. The Bertz CT molecular complexity index is 508. The number of nitrogens with zero attached hydrogens (tertiary/aromatic N) is 4. The molecule has 2 aromatic heterocycles. The van der Waals surface area contributed by atoms with Crippen LogP contribution in [-0.4, -0.2) is 28.3 Å². The molecule has 2 aromatic rings. The lowest BCUT2D eigenvalue weighted by Crippen LogP contribution is -2.18. The van der Waals surface area contributed by atoms with E-state index >= 15 is 0 Å². The molecule has 0 atom stereocenters. The Morgan fingerprint density at radius 3 is 2.59 bits per heavy atom. The predicted octanol–water partition coefficient (Wildman–Crippen LogP) is 1.69. The topological polar surface area (TPSA) is 59.0 Å². The lowest BCUT2D eigenvalue weighted by atomic mass is 10.3. The van der Waals surface area contributed by atoms with E-state index in [9.17, 15) is 4.79 Å². The number of rotatable bonds is 4. The number of hydrogen-bond acceptors (Lipinski definition) is 6. The number of hydrogen-bond donors (Lipinski definition) is 0. The largest absolute Gasteiger partial charge is 0.339 e. The fourth-order valence-corrected chi connectivity index (χ4v) is 2.18. The molecule has 0 radical (unpaired) electrons. The van der Waals surface area contributed by atoms with E-state index in [1.165, 1.54) is 17.3 Å². The summed E-state index contributed by atoms with van der Waals surface area (Å²) in [6.45, 7) is 2.70. The average molecular weight is 248 g/mol. The Morgan fingerprint density at radius 1 is 1.35 bits per heavy atom. The molecule has 0 amide bonds. The summed E-state index contributed by atoms with van der Waals surface area (Å²) in [5, 5.41) is 0. The smallest absolute Gasteiger partial charge is 0.225 e. The highest BCUT2D eigenvalue weighted by Crippen LogP contribution is 2.16. The number of thiazole rings is 1. The van der Waals surface area contributed by atoms with Crippen LogP contribution in [0, 0.1) is 6.92 Å². The molecule has 88 valence electrons. The molecule has 0 N–H and O–H groups in total. The normalized spacial score (nSPS) is 10.2. The monoisotopic (exact) mass is 248 g/mol. The van der Waals surface area contributed by atoms with E-state index < -0.39 is 0 Å². The molecule has 0 aromatic carbocycles. The summed E-state index contributed by atoms with van der Waals surface area (Å²) in [6.07, 6.45) is 3.77. The maximum Gasteiger partial charge on any atom is 0.225 e. The maximum atomic E-state index is 10.5. The molecular weight excluding hydrogens is 236 g/mol. The highest BCUT2D eigenvalue weighted by atomic mass is 32.1. The van der Waals surface area contributed by atoms with Gasteiger partial charge < -0.3 is 4.90 Å². The van der Waals surface area contributed by atoms with E-state index in [2.05, 4.69) is 15.0 Å². The van der Waals surface area contributed by atoms with Crippen molar-refractivity contribution in [2.45, 2.75) is 13.5 Å². The third-order valence-corrected chi connectivity index (χ3v) is 3.28. The van der Waals surface area contributed by atoms with Crippen molar-refractivity contribution in [3.8, 4) is 0 Å². The summed E-state index contributed by atoms with van der Waals surface area (Å²) in [5.41, 5.74) is 3.34. The first kappa shape index (κ1) is 11.7. The van der Waals surface area contributed by atoms with Gasteiger partial charge in [-0.15, -0.1) is 11.3 Å². The Hall–Kier alpha value is -1.82. The molecule has 0 bridgehead atoms. The molecule has 0 fully saturated rings. The first-order valence-electron chi connectivity index (χ1n) is 5.08. The molecule has 0 aliphatic heterocycles. The van der Waals surface area contributed by atoms with Crippen LogP contribution in [0.5, 0.6) is 0 Å². The molecule has 2 heterocycles. The van der Waals surface area contributed by atoms with Gasteiger partial charge in [-0.1, -0.05) is 0 Å². The first-order valence-corrected chi connectivity index (χ1v) is 5.96. The molecule has 2 rings (SSSR count). The van der Waals surface area contributed by atoms with E-state index in [0.717, 1.165) is 18.5 Å². The van der Waals surface area contributed by atoms with Crippen molar-refractivity contribution in [2.24, 2.45) is 0 Å². The zero-order chi connectivity index (χ0) is 12.3. The van der Waals surface area contributed by atoms with Crippen molar-refractivity contribution in [1.29, 1.82) is 0 Å². The minimum Gasteiger partial charge on any atom is -0.339 e. The number of aryl methyl sites for hydroxylation is 1. The predicted molar refractivity (Wildman–Crippen MR) is 66.4 cm³/mol. The van der Waals surface area contributed by atoms with Gasteiger partial charge in [-0.25, -0.2) is 15.0 Å². The van der Waals surface area contributed by atoms with Crippen LogP contribution in [0.1, 0.15) is 20.9 Å². The number of aldehydes is 1. The van der Waals surface area contributed by atoms with Gasteiger partial charge in [0, 0.05) is 24.3 Å². The SMILES string of the molecule is Cc1ncsc1CN(C)c1ncc(C=O)cn1. The minimum atomic E-state index is 0.483. The van der Waals surface area contributed by atoms with Crippen molar-refractivity contribution in [2.75, 3.05) is 11.9 Å². The maximum absolute atomic E-state index is 10.5. The molecule has 0 aliphatic rings. The van der Waals surface area contributed by atoms with Gasteiger partial charge in [0.05, 0.1) is 23.3 Å². The lowest BCUT2D eigenvalue weighted by Gasteiger charge is -2.15. The summed E-state index contributed by atoms with van der Waals surface area (Å²) in [7, 11) is 1.91. The van der Waals surface area contributed by atoms with Crippen LogP contribution in [0.25, 0.3) is 0 Å². The molecule has 0 saturated carbocycles. The number of anilines is 1. The Kier molecular flexibility index (Phi) is 3.43. The summed E-state index contributed by atoms with van der Waals surface area (Å²) in [5.74, 6) is 0.600. The van der Waals surface area contributed by atoms with E-state index in [1.54, 1.807) is 11.3 Å².